The lowest BCUT2D eigenvalue weighted by Gasteiger charge is -2.06. The van der Waals surface area contributed by atoms with E-state index in [1.54, 1.807) is 11.8 Å². The Labute approximate surface area is 106 Å². The van der Waals surface area contributed by atoms with Crippen LogP contribution in [0.3, 0.4) is 0 Å². The highest BCUT2D eigenvalue weighted by atomic mass is 32.2. The molecule has 0 aliphatic carbocycles. The molecule has 0 spiro atoms. The van der Waals surface area contributed by atoms with Gasteiger partial charge in [0.05, 0.1) is 0 Å². The van der Waals surface area contributed by atoms with Crippen LogP contribution in [0.4, 0.5) is 0 Å². The number of aromatic nitrogens is 3. The summed E-state index contributed by atoms with van der Waals surface area (Å²) in [6.45, 7) is 6.69. The third-order valence-electron chi connectivity index (χ3n) is 2.40. The van der Waals surface area contributed by atoms with Gasteiger partial charge >= 0.3 is 0 Å². The number of benzene rings is 1. The van der Waals surface area contributed by atoms with E-state index in [0.29, 0.717) is 0 Å². The Hall–Kier alpha value is -1.55. The number of hydrogen-bond donors (Lipinski definition) is 0. The minimum absolute atomic E-state index is 0.854. The number of nitrogens with zero attached hydrogens (tertiary/aromatic N) is 3. The van der Waals surface area contributed by atoms with Crippen LogP contribution in [0.1, 0.15) is 6.92 Å². The summed E-state index contributed by atoms with van der Waals surface area (Å²) in [5.41, 5.74) is 1.10. The maximum atomic E-state index is 4.27. The molecule has 1 aromatic heterocycles. The second-order valence-corrected chi connectivity index (χ2v) is 4.50. The molecule has 17 heavy (non-hydrogen) atoms. The topological polar surface area (TPSA) is 30.7 Å². The highest BCUT2D eigenvalue weighted by Gasteiger charge is 2.11. The van der Waals surface area contributed by atoms with Crippen molar-refractivity contribution in [3.05, 3.63) is 43.0 Å². The first kappa shape index (κ1) is 11.9. The molecule has 0 aliphatic rings. The zero-order valence-electron chi connectivity index (χ0n) is 9.84. The van der Waals surface area contributed by atoms with Crippen molar-refractivity contribution in [3.8, 4) is 11.4 Å². The first-order valence-corrected chi connectivity index (χ1v) is 6.57. The molecular formula is C13H15N3S. The third-order valence-corrected chi connectivity index (χ3v) is 3.36. The van der Waals surface area contributed by atoms with Gasteiger partial charge in [-0.05, 0) is 6.92 Å². The summed E-state index contributed by atoms with van der Waals surface area (Å²) in [5.74, 6) is 1.78. The van der Waals surface area contributed by atoms with Crippen LogP contribution < -0.4 is 0 Å². The van der Waals surface area contributed by atoms with Crippen LogP contribution in [-0.2, 0) is 6.54 Å². The average Bonchev–Trinajstić information content (AvgIpc) is 2.80. The van der Waals surface area contributed by atoms with Crippen molar-refractivity contribution in [2.24, 2.45) is 0 Å². The normalized spacial score (nSPS) is 10.4. The Morgan fingerprint density at radius 3 is 2.71 bits per heavy atom. The highest BCUT2D eigenvalue weighted by molar-refractivity contribution is 7.99. The monoisotopic (exact) mass is 245 g/mol. The lowest BCUT2D eigenvalue weighted by molar-refractivity contribution is 0.688. The molecule has 0 fully saturated rings. The van der Waals surface area contributed by atoms with E-state index in [4.69, 9.17) is 0 Å². The van der Waals surface area contributed by atoms with Crippen molar-refractivity contribution in [3.63, 3.8) is 0 Å². The van der Waals surface area contributed by atoms with Gasteiger partial charge in [0.2, 0.25) is 0 Å². The maximum absolute atomic E-state index is 4.27. The molecular weight excluding hydrogens is 230 g/mol. The van der Waals surface area contributed by atoms with Crippen molar-refractivity contribution < 1.29 is 0 Å². The smallest absolute Gasteiger partial charge is 0.191 e. The fraction of sp³-hybridized carbons (Fsp3) is 0.231. The minimum Gasteiger partial charge on any atom is -0.302 e. The van der Waals surface area contributed by atoms with E-state index in [0.717, 1.165) is 28.8 Å². The molecule has 3 nitrogen and oxygen atoms in total. The largest absolute Gasteiger partial charge is 0.302 e. The number of thioether (sulfide) groups is 1. The quantitative estimate of drug-likeness (QED) is 0.598. The van der Waals surface area contributed by atoms with Gasteiger partial charge < -0.3 is 4.57 Å². The van der Waals surface area contributed by atoms with Crippen molar-refractivity contribution >= 4 is 11.8 Å². The SMILES string of the molecule is C=CCSc1nnc(-c2ccccc2)n1CC. The molecule has 0 bridgehead atoms. The third kappa shape index (κ3) is 2.58. The fourth-order valence-electron chi connectivity index (χ4n) is 1.61. The first-order chi connectivity index (χ1) is 8.36. The highest BCUT2D eigenvalue weighted by Crippen LogP contribution is 2.23. The van der Waals surface area contributed by atoms with Gasteiger partial charge in [-0.1, -0.05) is 48.2 Å². The number of hydrogen-bond acceptors (Lipinski definition) is 3. The first-order valence-electron chi connectivity index (χ1n) is 5.59. The fourth-order valence-corrected chi connectivity index (χ4v) is 2.35. The van der Waals surface area contributed by atoms with Crippen LogP contribution in [0, 0.1) is 0 Å². The van der Waals surface area contributed by atoms with Gasteiger partial charge in [-0.3, -0.25) is 0 Å². The lowest BCUT2D eigenvalue weighted by Crippen LogP contribution is -1.99. The summed E-state index contributed by atoms with van der Waals surface area (Å²) < 4.78 is 2.13. The molecule has 4 heteroatoms. The molecule has 0 unspecified atom stereocenters. The van der Waals surface area contributed by atoms with Gasteiger partial charge in [-0.2, -0.15) is 0 Å². The minimum atomic E-state index is 0.854. The summed E-state index contributed by atoms with van der Waals surface area (Å²) in [4.78, 5) is 0. The van der Waals surface area contributed by atoms with Gasteiger partial charge in [0.25, 0.3) is 0 Å². The Balaban J connectivity index is 2.35. The van der Waals surface area contributed by atoms with E-state index in [9.17, 15) is 0 Å². The summed E-state index contributed by atoms with van der Waals surface area (Å²) in [7, 11) is 0. The summed E-state index contributed by atoms with van der Waals surface area (Å²) in [6.07, 6.45) is 1.88. The zero-order valence-corrected chi connectivity index (χ0v) is 10.7. The molecule has 88 valence electrons. The molecule has 0 aliphatic heterocycles. The van der Waals surface area contributed by atoms with Gasteiger partial charge in [0, 0.05) is 17.9 Å². The second-order valence-electron chi connectivity index (χ2n) is 3.52. The van der Waals surface area contributed by atoms with Crippen molar-refractivity contribution in [2.45, 2.75) is 18.6 Å². The van der Waals surface area contributed by atoms with Gasteiger partial charge in [-0.15, -0.1) is 16.8 Å². The van der Waals surface area contributed by atoms with E-state index in [1.165, 1.54) is 0 Å². The molecule has 0 saturated carbocycles. The molecule has 1 heterocycles. The molecule has 2 aromatic rings. The van der Waals surface area contributed by atoms with Gasteiger partial charge in [0.1, 0.15) is 0 Å². The Morgan fingerprint density at radius 2 is 2.06 bits per heavy atom. The van der Waals surface area contributed by atoms with Gasteiger partial charge in [0.15, 0.2) is 11.0 Å². The molecule has 0 N–H and O–H groups in total. The summed E-state index contributed by atoms with van der Waals surface area (Å²) >= 11 is 1.66. The van der Waals surface area contributed by atoms with E-state index in [-0.39, 0.29) is 0 Å². The molecule has 0 saturated heterocycles. The Bertz CT molecular complexity index is 491. The van der Waals surface area contributed by atoms with Crippen molar-refractivity contribution in [1.29, 1.82) is 0 Å². The van der Waals surface area contributed by atoms with Crippen LogP contribution in [0.25, 0.3) is 11.4 Å². The predicted molar refractivity (Wildman–Crippen MR) is 72.1 cm³/mol. The summed E-state index contributed by atoms with van der Waals surface area (Å²) in [5, 5.41) is 9.45. The van der Waals surface area contributed by atoms with E-state index < -0.39 is 0 Å². The number of rotatable bonds is 5. The van der Waals surface area contributed by atoms with Gasteiger partial charge in [-0.25, -0.2) is 0 Å². The Kier molecular flexibility index (Phi) is 3.98. The van der Waals surface area contributed by atoms with Crippen LogP contribution in [-0.4, -0.2) is 20.5 Å². The van der Waals surface area contributed by atoms with Crippen molar-refractivity contribution in [2.75, 3.05) is 5.75 Å². The van der Waals surface area contributed by atoms with E-state index in [1.807, 2.05) is 24.3 Å². The van der Waals surface area contributed by atoms with Crippen LogP contribution >= 0.6 is 11.8 Å². The summed E-state index contributed by atoms with van der Waals surface area (Å²) in [6, 6.07) is 10.1. The lowest BCUT2D eigenvalue weighted by atomic mass is 10.2. The maximum Gasteiger partial charge on any atom is 0.191 e. The molecule has 1 aromatic carbocycles. The molecule has 0 amide bonds. The molecule has 2 rings (SSSR count). The van der Waals surface area contributed by atoms with Crippen LogP contribution in [0.15, 0.2) is 48.1 Å². The average molecular weight is 245 g/mol. The van der Waals surface area contributed by atoms with Crippen molar-refractivity contribution in [1.82, 2.24) is 14.8 Å². The zero-order chi connectivity index (χ0) is 12.1. The second kappa shape index (κ2) is 5.68. The standard InChI is InChI=1S/C13H15N3S/c1-3-10-17-13-15-14-12(16(13)4-2)11-8-6-5-7-9-11/h3,5-9H,1,4,10H2,2H3. The van der Waals surface area contributed by atoms with E-state index in [2.05, 4.69) is 40.4 Å². The predicted octanol–water partition coefficient (Wildman–Crippen LogP) is 3.24. The van der Waals surface area contributed by atoms with Crippen LogP contribution in [0.5, 0.6) is 0 Å². The Morgan fingerprint density at radius 1 is 1.29 bits per heavy atom. The molecule has 0 radical (unpaired) electrons. The molecule has 0 atom stereocenters. The van der Waals surface area contributed by atoms with Crippen LogP contribution in [0.2, 0.25) is 0 Å². The van der Waals surface area contributed by atoms with E-state index >= 15 is 0 Å².